The smallest absolute Gasteiger partial charge is 0.0965 e. The molecule has 1 unspecified atom stereocenters. The molecule has 76 valence electrons. The number of aliphatic hydroxyl groups is 1. The Hall–Kier alpha value is -0.570. The maximum atomic E-state index is 8.74. The van der Waals surface area contributed by atoms with E-state index in [0.29, 0.717) is 6.04 Å². The van der Waals surface area contributed by atoms with Crippen molar-refractivity contribution in [3.05, 3.63) is 0 Å². The van der Waals surface area contributed by atoms with Gasteiger partial charge in [0.1, 0.15) is 0 Å². The van der Waals surface area contributed by atoms with E-state index in [9.17, 15) is 0 Å². The Morgan fingerprint density at radius 1 is 1.46 bits per heavy atom. The Kier molecular flexibility index (Phi) is 4.83. The molecule has 0 aliphatic carbocycles. The molecule has 0 aromatic rings. The number of hydrogen-bond donors (Lipinski definition) is 2. The van der Waals surface area contributed by atoms with Gasteiger partial charge < -0.3 is 10.4 Å². The zero-order valence-corrected chi connectivity index (χ0v) is 8.42. The van der Waals surface area contributed by atoms with Crippen molar-refractivity contribution in [3.8, 4) is 0 Å². The van der Waals surface area contributed by atoms with E-state index >= 15 is 0 Å². The first kappa shape index (κ1) is 10.5. The first-order valence-electron chi connectivity index (χ1n) is 5.23. The zero-order valence-electron chi connectivity index (χ0n) is 8.42. The average Bonchev–Trinajstić information content (AvgIpc) is 2.33. The van der Waals surface area contributed by atoms with Crippen LogP contribution < -0.4 is 5.32 Å². The van der Waals surface area contributed by atoms with Gasteiger partial charge in [-0.2, -0.15) is 0 Å². The van der Waals surface area contributed by atoms with E-state index in [2.05, 4.69) is 17.2 Å². The topological polar surface area (TPSA) is 44.6 Å². The summed E-state index contributed by atoms with van der Waals surface area (Å²) in [7, 11) is 0. The summed E-state index contributed by atoms with van der Waals surface area (Å²) >= 11 is 0. The molecule has 3 nitrogen and oxygen atoms in total. The van der Waals surface area contributed by atoms with Crippen LogP contribution in [0.3, 0.4) is 0 Å². The minimum Gasteiger partial charge on any atom is -0.396 e. The molecule has 13 heavy (non-hydrogen) atoms. The normalized spacial score (nSPS) is 20.3. The minimum atomic E-state index is 0.251. The monoisotopic (exact) mass is 184 g/mol. The van der Waals surface area contributed by atoms with E-state index in [1.165, 1.54) is 19.3 Å². The van der Waals surface area contributed by atoms with E-state index in [0.717, 1.165) is 25.2 Å². The molecule has 2 N–H and O–H groups in total. The SMILES string of the molecule is CC(CCO)NC1=NCCCCC1. The lowest BCUT2D eigenvalue weighted by molar-refractivity contribution is 0.275. The van der Waals surface area contributed by atoms with Gasteiger partial charge >= 0.3 is 0 Å². The quantitative estimate of drug-likeness (QED) is 0.695. The van der Waals surface area contributed by atoms with E-state index in [1.807, 2.05) is 0 Å². The molecule has 1 aliphatic heterocycles. The number of nitrogens with one attached hydrogen (secondary N) is 1. The molecule has 0 aromatic heterocycles. The van der Waals surface area contributed by atoms with E-state index in [-0.39, 0.29) is 6.61 Å². The molecule has 0 saturated heterocycles. The first-order valence-corrected chi connectivity index (χ1v) is 5.23. The highest BCUT2D eigenvalue weighted by molar-refractivity contribution is 5.82. The third-order valence-electron chi connectivity index (χ3n) is 2.35. The zero-order chi connectivity index (χ0) is 9.52. The van der Waals surface area contributed by atoms with Crippen LogP contribution in [-0.4, -0.2) is 30.1 Å². The summed E-state index contributed by atoms with van der Waals surface area (Å²) < 4.78 is 0. The molecule has 1 aliphatic rings. The molecule has 0 amide bonds. The number of nitrogens with zero attached hydrogens (tertiary/aromatic N) is 1. The van der Waals surface area contributed by atoms with Crippen LogP contribution in [0.25, 0.3) is 0 Å². The molecular weight excluding hydrogens is 164 g/mol. The third-order valence-corrected chi connectivity index (χ3v) is 2.35. The first-order chi connectivity index (χ1) is 6.33. The van der Waals surface area contributed by atoms with Crippen LogP contribution in [-0.2, 0) is 0 Å². The minimum absolute atomic E-state index is 0.251. The summed E-state index contributed by atoms with van der Waals surface area (Å²) in [5.41, 5.74) is 0. The molecule has 0 fully saturated rings. The van der Waals surface area contributed by atoms with Crippen LogP contribution in [0.15, 0.2) is 4.99 Å². The second-order valence-corrected chi connectivity index (χ2v) is 3.70. The fraction of sp³-hybridized carbons (Fsp3) is 0.900. The number of amidine groups is 1. The number of hydrogen-bond acceptors (Lipinski definition) is 3. The molecule has 0 bridgehead atoms. The molecule has 1 heterocycles. The maximum absolute atomic E-state index is 8.74. The van der Waals surface area contributed by atoms with Crippen molar-refractivity contribution in [1.29, 1.82) is 0 Å². The predicted molar refractivity (Wildman–Crippen MR) is 55.1 cm³/mol. The summed E-state index contributed by atoms with van der Waals surface area (Å²) in [6, 6.07) is 0.349. The summed E-state index contributed by atoms with van der Waals surface area (Å²) in [5, 5.41) is 12.1. The molecule has 3 heteroatoms. The Bertz CT molecular complexity index is 168. The molecular formula is C10H20N2O. The van der Waals surface area contributed by atoms with Gasteiger partial charge in [-0.05, 0) is 26.2 Å². The maximum Gasteiger partial charge on any atom is 0.0965 e. The van der Waals surface area contributed by atoms with Gasteiger partial charge in [0.25, 0.3) is 0 Å². The largest absolute Gasteiger partial charge is 0.396 e. The predicted octanol–water partition coefficient (Wildman–Crippen LogP) is 1.32. The van der Waals surface area contributed by atoms with Gasteiger partial charge in [0.2, 0.25) is 0 Å². The summed E-state index contributed by atoms with van der Waals surface area (Å²) in [6.07, 6.45) is 5.65. The molecule has 1 rings (SSSR count). The fourth-order valence-corrected chi connectivity index (χ4v) is 1.54. The van der Waals surface area contributed by atoms with Gasteiger partial charge in [-0.15, -0.1) is 0 Å². The van der Waals surface area contributed by atoms with Crippen molar-refractivity contribution in [3.63, 3.8) is 0 Å². The van der Waals surface area contributed by atoms with E-state index in [1.54, 1.807) is 0 Å². The highest BCUT2D eigenvalue weighted by Gasteiger charge is 2.06. The third kappa shape index (κ3) is 4.27. The molecule has 1 atom stereocenters. The Morgan fingerprint density at radius 2 is 2.31 bits per heavy atom. The van der Waals surface area contributed by atoms with Gasteiger partial charge in [-0.25, -0.2) is 0 Å². The Morgan fingerprint density at radius 3 is 3.08 bits per heavy atom. The van der Waals surface area contributed by atoms with Gasteiger partial charge in [-0.3, -0.25) is 4.99 Å². The fourth-order valence-electron chi connectivity index (χ4n) is 1.54. The van der Waals surface area contributed by atoms with Gasteiger partial charge in [0.05, 0.1) is 5.84 Å². The van der Waals surface area contributed by atoms with Crippen molar-refractivity contribution >= 4 is 5.84 Å². The van der Waals surface area contributed by atoms with Crippen LogP contribution in [0.2, 0.25) is 0 Å². The second kappa shape index (κ2) is 5.97. The van der Waals surface area contributed by atoms with Crippen molar-refractivity contribution < 1.29 is 5.11 Å². The lowest BCUT2D eigenvalue weighted by Gasteiger charge is -2.14. The number of rotatable bonds is 3. The van der Waals surface area contributed by atoms with Gasteiger partial charge in [0.15, 0.2) is 0 Å². The van der Waals surface area contributed by atoms with Crippen LogP contribution in [0.5, 0.6) is 0 Å². The molecule has 0 spiro atoms. The summed E-state index contributed by atoms with van der Waals surface area (Å²) in [6.45, 7) is 3.30. The second-order valence-electron chi connectivity index (χ2n) is 3.70. The van der Waals surface area contributed by atoms with Crippen molar-refractivity contribution in [2.24, 2.45) is 4.99 Å². The summed E-state index contributed by atoms with van der Waals surface area (Å²) in [4.78, 5) is 4.47. The van der Waals surface area contributed by atoms with Gasteiger partial charge in [0, 0.05) is 25.6 Å². The molecule has 0 saturated carbocycles. The van der Waals surface area contributed by atoms with Crippen LogP contribution in [0.4, 0.5) is 0 Å². The lowest BCUT2D eigenvalue weighted by Crippen LogP contribution is -2.33. The molecule has 0 radical (unpaired) electrons. The number of aliphatic imine (C=N–C) groups is 1. The number of aliphatic hydroxyl groups excluding tert-OH is 1. The van der Waals surface area contributed by atoms with Crippen molar-refractivity contribution in [2.75, 3.05) is 13.2 Å². The van der Waals surface area contributed by atoms with Crippen LogP contribution >= 0.6 is 0 Å². The average molecular weight is 184 g/mol. The van der Waals surface area contributed by atoms with Crippen molar-refractivity contribution in [2.45, 2.75) is 45.1 Å². The summed E-state index contributed by atoms with van der Waals surface area (Å²) in [5.74, 6) is 1.14. The Balaban J connectivity index is 2.28. The highest BCUT2D eigenvalue weighted by atomic mass is 16.3. The lowest BCUT2D eigenvalue weighted by atomic mass is 10.2. The van der Waals surface area contributed by atoms with Gasteiger partial charge in [-0.1, -0.05) is 6.42 Å². The standard InChI is InChI=1S/C10H20N2O/c1-9(6-8-13)12-10-5-3-2-4-7-11-10/h9,13H,2-8H2,1H3,(H,11,12). The van der Waals surface area contributed by atoms with Crippen LogP contribution in [0, 0.1) is 0 Å². The van der Waals surface area contributed by atoms with E-state index < -0.39 is 0 Å². The highest BCUT2D eigenvalue weighted by Crippen LogP contribution is 2.06. The van der Waals surface area contributed by atoms with Crippen molar-refractivity contribution in [1.82, 2.24) is 5.32 Å². The molecule has 0 aromatic carbocycles. The Labute approximate surface area is 80.3 Å². The van der Waals surface area contributed by atoms with E-state index in [4.69, 9.17) is 5.11 Å². The van der Waals surface area contributed by atoms with Crippen LogP contribution in [0.1, 0.15) is 39.0 Å².